The monoisotopic (exact) mass is 430 g/mol. The zero-order valence-electron chi connectivity index (χ0n) is 18.2. The fourth-order valence-corrected chi connectivity index (χ4v) is 3.54. The van der Waals surface area contributed by atoms with Gasteiger partial charge in [0.15, 0.2) is 11.4 Å². The first-order chi connectivity index (χ1) is 14.5. The Labute approximate surface area is 180 Å². The molecule has 0 saturated heterocycles. The van der Waals surface area contributed by atoms with Crippen molar-refractivity contribution in [1.82, 2.24) is 9.99 Å². The molecule has 3 N–H and O–H groups in total. The van der Waals surface area contributed by atoms with Gasteiger partial charge in [-0.1, -0.05) is 25.1 Å². The van der Waals surface area contributed by atoms with Crippen LogP contribution >= 0.6 is 0 Å². The largest absolute Gasteiger partial charge is 0.476 e. The van der Waals surface area contributed by atoms with Crippen molar-refractivity contribution in [3.05, 3.63) is 59.2 Å². The van der Waals surface area contributed by atoms with Crippen LogP contribution in [0.2, 0.25) is 0 Å². The van der Waals surface area contributed by atoms with Crippen LogP contribution in [0.3, 0.4) is 0 Å². The highest BCUT2D eigenvalue weighted by Gasteiger charge is 2.39. The maximum absolute atomic E-state index is 15.7. The summed E-state index contributed by atoms with van der Waals surface area (Å²) in [6.45, 7) is 8.66. The van der Waals surface area contributed by atoms with Gasteiger partial charge in [-0.25, -0.2) is 19.0 Å². The molecule has 0 fully saturated rings. The first-order valence-electron chi connectivity index (χ1n) is 10.0. The molecule has 1 aromatic carbocycles. The minimum absolute atomic E-state index is 0.157. The van der Waals surface area contributed by atoms with Gasteiger partial charge in [-0.15, -0.1) is 0 Å². The summed E-state index contributed by atoms with van der Waals surface area (Å²) in [6.07, 6.45) is 1.29. The van der Waals surface area contributed by atoms with E-state index in [2.05, 4.69) is 15.7 Å². The molecule has 3 rings (SSSR count). The highest BCUT2D eigenvalue weighted by atomic mass is 19.1. The second kappa shape index (κ2) is 8.05. The minimum Gasteiger partial charge on any atom is -0.476 e. The number of carbonyl (C=O) groups excluding carboxylic acids is 1. The van der Waals surface area contributed by atoms with E-state index in [0.717, 1.165) is 0 Å². The number of carboxylic acids is 1. The zero-order chi connectivity index (χ0) is 23.0. The third-order valence-corrected chi connectivity index (χ3v) is 4.99. The Hall–Kier alpha value is -3.36. The fraction of sp³-hybridized carbons (Fsp3) is 0.409. The minimum atomic E-state index is -1.33. The predicted molar refractivity (Wildman–Crippen MR) is 114 cm³/mol. The first-order valence-corrected chi connectivity index (χ1v) is 10.0. The number of nitrogens with zero attached hydrogens (tertiary/aromatic N) is 2. The normalized spacial score (nSPS) is 19.0. The summed E-state index contributed by atoms with van der Waals surface area (Å²) in [5, 5.41) is 12.3. The summed E-state index contributed by atoms with van der Waals surface area (Å²) in [5.74, 6) is -1.78. The highest BCUT2D eigenvalue weighted by Crippen LogP contribution is 2.36. The van der Waals surface area contributed by atoms with E-state index in [1.165, 1.54) is 4.68 Å². The fourth-order valence-electron chi connectivity index (χ4n) is 3.54. The van der Waals surface area contributed by atoms with E-state index in [0.29, 0.717) is 5.69 Å². The molecule has 31 heavy (non-hydrogen) atoms. The Morgan fingerprint density at radius 3 is 2.65 bits per heavy atom. The number of carbonyl (C=O) groups is 2. The SMILES string of the molecule is CC[C@@]1(c2cccc(C(C)NC(=O)OC(C)(C)C)c2F)N=C(C(=O)O)c2cccn2N1. The first kappa shape index (κ1) is 22.3. The van der Waals surface area contributed by atoms with Gasteiger partial charge in [-0.2, -0.15) is 0 Å². The standard InChI is InChI=1S/C22H27FN4O4/c1-6-22(25-18(19(28)29)16-11-8-12-27(16)26-22)15-10-7-9-14(17(15)23)13(2)24-20(30)31-21(3,4)5/h7-13,26H,6H2,1-5H3,(H,24,30)(H,28,29)/t13?,22-/m1/s1. The number of benzene rings is 1. The number of fused-ring (bicyclic) bond motifs is 1. The third-order valence-electron chi connectivity index (χ3n) is 4.99. The predicted octanol–water partition coefficient (Wildman–Crippen LogP) is 3.91. The smallest absolute Gasteiger partial charge is 0.408 e. The molecule has 2 heterocycles. The maximum atomic E-state index is 15.7. The van der Waals surface area contributed by atoms with E-state index in [9.17, 15) is 14.7 Å². The number of ether oxygens (including phenoxy) is 1. The Balaban J connectivity index is 2.01. The lowest BCUT2D eigenvalue weighted by atomic mass is 9.92. The van der Waals surface area contributed by atoms with Crippen molar-refractivity contribution >= 4 is 17.8 Å². The van der Waals surface area contributed by atoms with E-state index in [1.54, 1.807) is 71.1 Å². The molecule has 1 unspecified atom stereocenters. The van der Waals surface area contributed by atoms with Gasteiger partial charge in [0.1, 0.15) is 11.4 Å². The van der Waals surface area contributed by atoms with Crippen LogP contribution in [0.1, 0.15) is 63.9 Å². The van der Waals surface area contributed by atoms with Gasteiger partial charge in [0.2, 0.25) is 0 Å². The van der Waals surface area contributed by atoms with Crippen molar-refractivity contribution in [1.29, 1.82) is 0 Å². The summed E-state index contributed by atoms with van der Waals surface area (Å²) in [7, 11) is 0. The van der Waals surface area contributed by atoms with E-state index in [-0.39, 0.29) is 23.3 Å². The second-order valence-electron chi connectivity index (χ2n) is 8.43. The Morgan fingerprint density at radius 1 is 1.32 bits per heavy atom. The number of alkyl carbamates (subject to hydrolysis) is 1. The van der Waals surface area contributed by atoms with Crippen molar-refractivity contribution < 1.29 is 23.8 Å². The molecule has 9 heteroatoms. The van der Waals surface area contributed by atoms with E-state index >= 15 is 4.39 Å². The lowest BCUT2D eigenvalue weighted by Gasteiger charge is -2.37. The van der Waals surface area contributed by atoms with Crippen molar-refractivity contribution in [2.24, 2.45) is 4.99 Å². The number of halogens is 1. The number of aromatic nitrogens is 1. The summed E-state index contributed by atoms with van der Waals surface area (Å²) < 4.78 is 22.5. The quantitative estimate of drug-likeness (QED) is 0.667. The highest BCUT2D eigenvalue weighted by molar-refractivity contribution is 6.42. The molecule has 1 aliphatic rings. The van der Waals surface area contributed by atoms with Crippen molar-refractivity contribution in [2.45, 2.75) is 58.3 Å². The molecule has 2 atom stereocenters. The van der Waals surface area contributed by atoms with Gasteiger partial charge < -0.3 is 15.2 Å². The second-order valence-corrected chi connectivity index (χ2v) is 8.43. The summed E-state index contributed by atoms with van der Waals surface area (Å²) in [6, 6.07) is 7.41. The van der Waals surface area contributed by atoms with Crippen molar-refractivity contribution in [2.75, 3.05) is 5.43 Å². The van der Waals surface area contributed by atoms with Crippen LogP contribution in [0.15, 0.2) is 41.5 Å². The number of amides is 1. The molecule has 2 aromatic rings. The van der Waals surface area contributed by atoms with Crippen LogP contribution < -0.4 is 10.7 Å². The van der Waals surface area contributed by atoms with Gasteiger partial charge in [0.05, 0.1) is 11.7 Å². The molecule has 1 amide bonds. The van der Waals surface area contributed by atoms with Crippen molar-refractivity contribution in [3.63, 3.8) is 0 Å². The van der Waals surface area contributed by atoms with Crippen LogP contribution in [0, 0.1) is 5.82 Å². The summed E-state index contributed by atoms with van der Waals surface area (Å²) >= 11 is 0. The zero-order valence-corrected chi connectivity index (χ0v) is 18.2. The topological polar surface area (TPSA) is 105 Å². The van der Waals surface area contributed by atoms with Crippen LogP contribution in [0.25, 0.3) is 0 Å². The number of aliphatic carboxylic acids is 1. The van der Waals surface area contributed by atoms with Gasteiger partial charge in [-0.05, 0) is 46.2 Å². The molecular formula is C22H27FN4O4. The van der Waals surface area contributed by atoms with Crippen LogP contribution in [0.5, 0.6) is 0 Å². The van der Waals surface area contributed by atoms with Crippen molar-refractivity contribution in [3.8, 4) is 0 Å². The number of hydrogen-bond donors (Lipinski definition) is 3. The molecule has 0 aliphatic carbocycles. The Morgan fingerprint density at radius 2 is 2.03 bits per heavy atom. The summed E-state index contributed by atoms with van der Waals surface area (Å²) in [5.41, 5.74) is 1.77. The average molecular weight is 430 g/mol. The summed E-state index contributed by atoms with van der Waals surface area (Å²) in [4.78, 5) is 28.4. The number of nitrogens with one attached hydrogen (secondary N) is 2. The third kappa shape index (κ3) is 4.40. The maximum Gasteiger partial charge on any atom is 0.408 e. The number of carboxylic acid groups (broad SMARTS) is 1. The molecule has 0 bridgehead atoms. The molecule has 0 radical (unpaired) electrons. The van der Waals surface area contributed by atoms with Gasteiger partial charge >= 0.3 is 12.1 Å². The molecule has 0 saturated carbocycles. The molecule has 166 valence electrons. The molecule has 0 spiro atoms. The van der Waals surface area contributed by atoms with Crippen LogP contribution in [-0.4, -0.2) is 33.2 Å². The lowest BCUT2D eigenvalue weighted by molar-refractivity contribution is -0.129. The van der Waals surface area contributed by atoms with Crippen LogP contribution in [-0.2, 0) is 15.2 Å². The van der Waals surface area contributed by atoms with E-state index in [1.807, 2.05) is 0 Å². The van der Waals surface area contributed by atoms with Gasteiger partial charge in [-0.3, -0.25) is 10.1 Å². The number of hydrogen-bond acceptors (Lipinski definition) is 5. The molecule has 1 aliphatic heterocycles. The average Bonchev–Trinajstić information content (AvgIpc) is 3.13. The molecule has 8 nitrogen and oxygen atoms in total. The lowest BCUT2D eigenvalue weighted by Crippen LogP contribution is -2.46. The van der Waals surface area contributed by atoms with E-state index < -0.39 is 35.2 Å². The van der Waals surface area contributed by atoms with Gasteiger partial charge in [0, 0.05) is 17.3 Å². The van der Waals surface area contributed by atoms with E-state index in [4.69, 9.17) is 4.74 Å². The van der Waals surface area contributed by atoms with Gasteiger partial charge in [0.25, 0.3) is 0 Å². The molecular weight excluding hydrogens is 403 g/mol. The number of rotatable bonds is 5. The van der Waals surface area contributed by atoms with Crippen LogP contribution in [0.4, 0.5) is 9.18 Å². The number of aliphatic imine (C=N–C) groups is 1. The Kier molecular flexibility index (Phi) is 5.80. The molecule has 1 aromatic heterocycles. The Bertz CT molecular complexity index is 1040.